The van der Waals surface area contributed by atoms with Crippen molar-refractivity contribution in [2.45, 2.75) is 18.8 Å². The highest BCUT2D eigenvalue weighted by Gasteiger charge is 2.27. The van der Waals surface area contributed by atoms with Crippen LogP contribution in [0.4, 0.5) is 5.69 Å². The predicted octanol–water partition coefficient (Wildman–Crippen LogP) is 3.32. The van der Waals surface area contributed by atoms with E-state index in [-0.39, 0.29) is 11.4 Å². The molecule has 2 aromatic rings. The van der Waals surface area contributed by atoms with Crippen LogP contribution in [0.25, 0.3) is 6.08 Å². The lowest BCUT2D eigenvalue weighted by atomic mass is 10.1. The summed E-state index contributed by atoms with van der Waals surface area (Å²) in [5.74, 6) is -0.506. The van der Waals surface area contributed by atoms with Crippen molar-refractivity contribution in [2.24, 2.45) is 0 Å². The molecule has 1 atom stereocenters. The fraction of sp³-hybridized carbons (Fsp3) is 0.238. The van der Waals surface area contributed by atoms with Gasteiger partial charge >= 0.3 is 5.97 Å². The lowest BCUT2D eigenvalue weighted by Gasteiger charge is -2.13. The fourth-order valence-corrected chi connectivity index (χ4v) is 3.72. The standard InChI is InChI=1S/C21H22N2O5S/c1-3-13-4-7-15(8-5-13)22-21-23-20(26)18(29-21)11-14-6-9-16(17(10-14)27-2)28-12-19(24)25/h4-11,21-22H,3,12H2,1-2H3,(H,23,26)(H,24,25)/b18-11-/t21-/m0/s1. The molecule has 1 aliphatic rings. The van der Waals surface area contributed by atoms with Crippen LogP contribution in [0.1, 0.15) is 18.1 Å². The Morgan fingerprint density at radius 2 is 2.00 bits per heavy atom. The van der Waals surface area contributed by atoms with Crippen molar-refractivity contribution >= 4 is 35.4 Å². The Morgan fingerprint density at radius 3 is 2.66 bits per heavy atom. The molecule has 29 heavy (non-hydrogen) atoms. The maximum atomic E-state index is 12.3. The van der Waals surface area contributed by atoms with Gasteiger partial charge in [0.15, 0.2) is 23.6 Å². The van der Waals surface area contributed by atoms with E-state index in [4.69, 9.17) is 14.6 Å². The molecule has 1 amide bonds. The number of nitrogens with one attached hydrogen (secondary N) is 2. The molecule has 1 heterocycles. The number of carboxylic acids is 1. The maximum absolute atomic E-state index is 12.3. The Bertz CT molecular complexity index is 927. The van der Waals surface area contributed by atoms with E-state index in [1.807, 2.05) is 12.1 Å². The zero-order valence-corrected chi connectivity index (χ0v) is 16.9. The molecule has 0 aliphatic carbocycles. The lowest BCUT2D eigenvalue weighted by Crippen LogP contribution is -2.30. The number of anilines is 1. The number of ether oxygens (including phenoxy) is 2. The largest absolute Gasteiger partial charge is 0.493 e. The molecule has 3 N–H and O–H groups in total. The highest BCUT2D eigenvalue weighted by molar-refractivity contribution is 8.05. The second-order valence-electron chi connectivity index (χ2n) is 6.27. The summed E-state index contributed by atoms with van der Waals surface area (Å²) in [5, 5.41) is 14.9. The zero-order valence-electron chi connectivity index (χ0n) is 16.1. The molecule has 152 valence electrons. The minimum atomic E-state index is -1.07. The van der Waals surface area contributed by atoms with Gasteiger partial charge in [0.1, 0.15) is 0 Å². The van der Waals surface area contributed by atoms with Crippen molar-refractivity contribution in [3.8, 4) is 11.5 Å². The number of carbonyl (C=O) groups is 2. The molecule has 1 fully saturated rings. The van der Waals surface area contributed by atoms with Crippen molar-refractivity contribution in [3.05, 3.63) is 58.5 Å². The molecule has 0 bridgehead atoms. The second-order valence-corrected chi connectivity index (χ2v) is 7.41. The fourth-order valence-electron chi connectivity index (χ4n) is 2.74. The molecule has 0 spiro atoms. The Labute approximate surface area is 173 Å². The van der Waals surface area contributed by atoms with Gasteiger partial charge in [-0.25, -0.2) is 4.79 Å². The zero-order chi connectivity index (χ0) is 20.8. The summed E-state index contributed by atoms with van der Waals surface area (Å²) in [6.07, 6.45) is 2.73. The van der Waals surface area contributed by atoms with Crippen LogP contribution in [-0.2, 0) is 16.0 Å². The van der Waals surface area contributed by atoms with Gasteiger partial charge in [0.05, 0.1) is 12.0 Å². The average Bonchev–Trinajstić information content (AvgIpc) is 3.06. The quantitative estimate of drug-likeness (QED) is 0.570. The molecule has 0 aromatic heterocycles. The Kier molecular flexibility index (Phi) is 6.66. The van der Waals surface area contributed by atoms with Gasteiger partial charge < -0.3 is 25.2 Å². The van der Waals surface area contributed by atoms with E-state index in [1.54, 1.807) is 24.3 Å². The van der Waals surface area contributed by atoms with Gasteiger partial charge in [-0.15, -0.1) is 0 Å². The van der Waals surface area contributed by atoms with Crippen LogP contribution in [-0.4, -0.2) is 36.2 Å². The third-order valence-corrected chi connectivity index (χ3v) is 5.26. The van der Waals surface area contributed by atoms with Crippen LogP contribution in [0.5, 0.6) is 11.5 Å². The predicted molar refractivity (Wildman–Crippen MR) is 113 cm³/mol. The number of amides is 1. The molecular formula is C21H22N2O5S. The van der Waals surface area contributed by atoms with Gasteiger partial charge in [0.2, 0.25) is 0 Å². The number of hydrogen-bond acceptors (Lipinski definition) is 6. The summed E-state index contributed by atoms with van der Waals surface area (Å²) in [7, 11) is 1.47. The van der Waals surface area contributed by atoms with Gasteiger partial charge in [-0.1, -0.05) is 36.9 Å². The molecule has 0 radical (unpaired) electrons. The molecule has 8 heteroatoms. The summed E-state index contributed by atoms with van der Waals surface area (Å²) in [4.78, 5) is 23.6. The number of benzene rings is 2. The summed E-state index contributed by atoms with van der Waals surface area (Å²) >= 11 is 1.39. The lowest BCUT2D eigenvalue weighted by molar-refractivity contribution is -0.139. The minimum absolute atomic E-state index is 0.164. The molecule has 1 aliphatic heterocycles. The van der Waals surface area contributed by atoms with E-state index < -0.39 is 12.6 Å². The van der Waals surface area contributed by atoms with E-state index in [0.29, 0.717) is 16.4 Å². The van der Waals surface area contributed by atoms with Crippen LogP contribution in [0.15, 0.2) is 47.4 Å². The Hall–Kier alpha value is -3.13. The number of methoxy groups -OCH3 is 1. The molecule has 1 saturated heterocycles. The van der Waals surface area contributed by atoms with Crippen LogP contribution in [0.2, 0.25) is 0 Å². The van der Waals surface area contributed by atoms with Crippen LogP contribution < -0.4 is 20.1 Å². The van der Waals surface area contributed by atoms with Crippen molar-refractivity contribution < 1.29 is 24.2 Å². The van der Waals surface area contributed by atoms with E-state index in [1.165, 1.54) is 24.4 Å². The number of hydrogen-bond donors (Lipinski definition) is 3. The van der Waals surface area contributed by atoms with Crippen molar-refractivity contribution in [2.75, 3.05) is 19.0 Å². The molecule has 7 nitrogen and oxygen atoms in total. The maximum Gasteiger partial charge on any atom is 0.341 e. The SMILES string of the molecule is CCc1ccc(N[C@H]2NC(=O)/C(=C/c3ccc(OCC(=O)O)c(OC)c3)S2)cc1. The van der Waals surface area contributed by atoms with Crippen LogP contribution in [0.3, 0.4) is 0 Å². The first kappa shape index (κ1) is 20.6. The second kappa shape index (κ2) is 9.38. The minimum Gasteiger partial charge on any atom is -0.493 e. The average molecular weight is 414 g/mol. The molecule has 0 saturated carbocycles. The molecule has 0 unspecified atom stereocenters. The van der Waals surface area contributed by atoms with Crippen molar-refractivity contribution in [1.82, 2.24) is 5.32 Å². The molecule has 2 aromatic carbocycles. The van der Waals surface area contributed by atoms with E-state index in [2.05, 4.69) is 29.7 Å². The van der Waals surface area contributed by atoms with Gasteiger partial charge in [-0.05, 0) is 47.9 Å². The Morgan fingerprint density at radius 1 is 1.24 bits per heavy atom. The number of rotatable bonds is 8. The first-order chi connectivity index (χ1) is 14.0. The van der Waals surface area contributed by atoms with E-state index in [0.717, 1.165) is 17.7 Å². The highest BCUT2D eigenvalue weighted by atomic mass is 32.2. The van der Waals surface area contributed by atoms with Crippen molar-refractivity contribution in [1.29, 1.82) is 0 Å². The smallest absolute Gasteiger partial charge is 0.341 e. The highest BCUT2D eigenvalue weighted by Crippen LogP contribution is 2.33. The summed E-state index contributed by atoms with van der Waals surface area (Å²) < 4.78 is 10.5. The third-order valence-electron chi connectivity index (χ3n) is 4.23. The number of carbonyl (C=O) groups excluding carboxylic acids is 1. The number of aliphatic carboxylic acids is 1. The Balaban J connectivity index is 1.69. The van der Waals surface area contributed by atoms with Crippen LogP contribution in [0, 0.1) is 0 Å². The van der Waals surface area contributed by atoms with E-state index >= 15 is 0 Å². The van der Waals surface area contributed by atoms with Crippen LogP contribution >= 0.6 is 11.8 Å². The van der Waals surface area contributed by atoms with Gasteiger partial charge in [-0.2, -0.15) is 0 Å². The normalized spacial score (nSPS) is 17.1. The monoisotopic (exact) mass is 414 g/mol. The summed E-state index contributed by atoms with van der Waals surface area (Å²) in [6, 6.07) is 13.2. The molecular weight excluding hydrogens is 392 g/mol. The number of thioether (sulfide) groups is 1. The first-order valence-corrected chi connectivity index (χ1v) is 9.93. The van der Waals surface area contributed by atoms with Gasteiger partial charge in [0, 0.05) is 5.69 Å². The molecule has 3 rings (SSSR count). The third kappa shape index (κ3) is 5.45. The van der Waals surface area contributed by atoms with Crippen molar-refractivity contribution in [3.63, 3.8) is 0 Å². The van der Waals surface area contributed by atoms with E-state index in [9.17, 15) is 9.59 Å². The first-order valence-electron chi connectivity index (χ1n) is 9.06. The number of carboxylic acid groups (broad SMARTS) is 1. The summed E-state index contributed by atoms with van der Waals surface area (Å²) in [6.45, 7) is 1.65. The van der Waals surface area contributed by atoms with Gasteiger partial charge in [0.25, 0.3) is 5.91 Å². The van der Waals surface area contributed by atoms with Gasteiger partial charge in [-0.3, -0.25) is 4.79 Å². The number of aryl methyl sites for hydroxylation is 1. The summed E-state index contributed by atoms with van der Waals surface area (Å²) in [5.41, 5.74) is 2.67. The topological polar surface area (TPSA) is 96.9 Å².